The Morgan fingerprint density at radius 2 is 1.64 bits per heavy atom. The van der Waals surface area contributed by atoms with Crippen LogP contribution in [0.15, 0.2) is 24.3 Å². The molecule has 0 fully saturated rings. The van der Waals surface area contributed by atoms with Crippen molar-refractivity contribution in [2.45, 2.75) is 44.4 Å². The average Bonchev–Trinajstić information content (AvgIpc) is 2.28. The van der Waals surface area contributed by atoms with E-state index in [1.165, 1.54) is 11.1 Å². The SMILES string of the molecule is CCc1ccccc1C(Br)(CC)CC. The predicted octanol–water partition coefficient (Wildman–Crippen LogP) is 4.66. The lowest BCUT2D eigenvalue weighted by Gasteiger charge is -2.27. The van der Waals surface area contributed by atoms with E-state index in [1.54, 1.807) is 0 Å². The first kappa shape index (κ1) is 11.8. The van der Waals surface area contributed by atoms with Gasteiger partial charge in [0.05, 0.1) is 4.32 Å². The van der Waals surface area contributed by atoms with Gasteiger partial charge in [0.1, 0.15) is 0 Å². The molecule has 0 saturated heterocycles. The summed E-state index contributed by atoms with van der Waals surface area (Å²) < 4.78 is 0.180. The lowest BCUT2D eigenvalue weighted by Crippen LogP contribution is -2.17. The maximum absolute atomic E-state index is 3.88. The highest BCUT2D eigenvalue weighted by atomic mass is 79.9. The van der Waals surface area contributed by atoms with Crippen molar-refractivity contribution in [1.82, 2.24) is 0 Å². The number of halogens is 1. The molecule has 1 aromatic rings. The topological polar surface area (TPSA) is 0 Å². The van der Waals surface area contributed by atoms with Gasteiger partial charge >= 0.3 is 0 Å². The summed E-state index contributed by atoms with van der Waals surface area (Å²) in [5.41, 5.74) is 2.93. The second kappa shape index (κ2) is 4.97. The van der Waals surface area contributed by atoms with Crippen LogP contribution in [0.4, 0.5) is 0 Å². The van der Waals surface area contributed by atoms with E-state index in [4.69, 9.17) is 0 Å². The molecule has 78 valence electrons. The largest absolute Gasteiger partial charge is 0.0801 e. The van der Waals surface area contributed by atoms with Gasteiger partial charge in [-0.1, -0.05) is 61.0 Å². The molecule has 1 rings (SSSR count). The summed E-state index contributed by atoms with van der Waals surface area (Å²) in [6.07, 6.45) is 3.39. The Kier molecular flexibility index (Phi) is 4.18. The zero-order chi connectivity index (χ0) is 10.6. The van der Waals surface area contributed by atoms with Crippen molar-refractivity contribution in [3.63, 3.8) is 0 Å². The van der Waals surface area contributed by atoms with Crippen LogP contribution in [0.5, 0.6) is 0 Å². The predicted molar refractivity (Wildman–Crippen MR) is 67.0 cm³/mol. The maximum Gasteiger partial charge on any atom is 0.0503 e. The van der Waals surface area contributed by atoms with Gasteiger partial charge in [-0.05, 0) is 30.4 Å². The zero-order valence-corrected chi connectivity index (χ0v) is 10.9. The van der Waals surface area contributed by atoms with Crippen molar-refractivity contribution in [2.75, 3.05) is 0 Å². The van der Waals surface area contributed by atoms with Crippen molar-refractivity contribution in [1.29, 1.82) is 0 Å². The third-order valence-electron chi connectivity index (χ3n) is 3.00. The van der Waals surface area contributed by atoms with Gasteiger partial charge in [0.15, 0.2) is 0 Å². The van der Waals surface area contributed by atoms with Crippen LogP contribution < -0.4 is 0 Å². The van der Waals surface area contributed by atoms with Crippen LogP contribution in [0.25, 0.3) is 0 Å². The summed E-state index contributed by atoms with van der Waals surface area (Å²) in [4.78, 5) is 0. The van der Waals surface area contributed by atoms with E-state index in [-0.39, 0.29) is 4.32 Å². The quantitative estimate of drug-likeness (QED) is 0.686. The Labute approximate surface area is 95.9 Å². The summed E-state index contributed by atoms with van der Waals surface area (Å²) in [5, 5.41) is 0. The lowest BCUT2D eigenvalue weighted by atomic mass is 9.89. The first-order valence-electron chi connectivity index (χ1n) is 5.45. The van der Waals surface area contributed by atoms with Gasteiger partial charge in [-0.25, -0.2) is 0 Å². The van der Waals surface area contributed by atoms with Crippen molar-refractivity contribution in [3.05, 3.63) is 35.4 Å². The van der Waals surface area contributed by atoms with Crippen LogP contribution in [0.2, 0.25) is 0 Å². The number of alkyl halides is 1. The molecule has 0 aliphatic heterocycles. The Balaban J connectivity index is 3.15. The van der Waals surface area contributed by atoms with Gasteiger partial charge < -0.3 is 0 Å². The molecule has 0 aromatic heterocycles. The van der Waals surface area contributed by atoms with E-state index < -0.39 is 0 Å². The Hall–Kier alpha value is -0.300. The summed E-state index contributed by atoms with van der Waals surface area (Å²) in [7, 11) is 0. The van der Waals surface area contributed by atoms with Crippen LogP contribution in [0.1, 0.15) is 44.7 Å². The van der Waals surface area contributed by atoms with Crippen LogP contribution in [0, 0.1) is 0 Å². The number of hydrogen-bond donors (Lipinski definition) is 0. The van der Waals surface area contributed by atoms with Crippen molar-refractivity contribution >= 4 is 15.9 Å². The molecule has 0 aliphatic rings. The van der Waals surface area contributed by atoms with E-state index in [9.17, 15) is 0 Å². The minimum Gasteiger partial charge on any atom is -0.0801 e. The number of rotatable bonds is 4. The van der Waals surface area contributed by atoms with Gasteiger partial charge in [-0.3, -0.25) is 0 Å². The van der Waals surface area contributed by atoms with Crippen LogP contribution in [-0.4, -0.2) is 0 Å². The van der Waals surface area contributed by atoms with Gasteiger partial charge in [-0.15, -0.1) is 0 Å². The monoisotopic (exact) mass is 254 g/mol. The lowest BCUT2D eigenvalue weighted by molar-refractivity contribution is 0.588. The van der Waals surface area contributed by atoms with Crippen LogP contribution >= 0.6 is 15.9 Å². The molecule has 0 amide bonds. The molecular weight excluding hydrogens is 236 g/mol. The normalized spacial score (nSPS) is 11.7. The first-order chi connectivity index (χ1) is 6.68. The Bertz CT molecular complexity index is 287. The van der Waals surface area contributed by atoms with Gasteiger partial charge in [-0.2, -0.15) is 0 Å². The molecule has 0 bridgehead atoms. The van der Waals surface area contributed by atoms with Gasteiger partial charge in [0.25, 0.3) is 0 Å². The molecule has 0 spiro atoms. The van der Waals surface area contributed by atoms with Gasteiger partial charge in [0.2, 0.25) is 0 Å². The molecule has 0 N–H and O–H groups in total. The van der Waals surface area contributed by atoms with E-state index in [1.807, 2.05) is 0 Å². The van der Waals surface area contributed by atoms with Crippen LogP contribution in [0.3, 0.4) is 0 Å². The number of benzene rings is 1. The Morgan fingerprint density at radius 1 is 1.07 bits per heavy atom. The maximum atomic E-state index is 3.88. The first-order valence-corrected chi connectivity index (χ1v) is 6.24. The molecule has 0 radical (unpaired) electrons. The highest BCUT2D eigenvalue weighted by Gasteiger charge is 2.26. The fourth-order valence-corrected chi connectivity index (χ4v) is 2.28. The second-order valence-corrected chi connectivity index (χ2v) is 5.20. The fraction of sp³-hybridized carbons (Fsp3) is 0.538. The van der Waals surface area contributed by atoms with Crippen molar-refractivity contribution in [3.8, 4) is 0 Å². The number of hydrogen-bond acceptors (Lipinski definition) is 0. The summed E-state index contributed by atoms with van der Waals surface area (Å²) >= 11 is 3.88. The highest BCUT2D eigenvalue weighted by Crippen LogP contribution is 2.39. The third kappa shape index (κ3) is 2.20. The highest BCUT2D eigenvalue weighted by molar-refractivity contribution is 9.09. The Morgan fingerprint density at radius 3 is 2.14 bits per heavy atom. The average molecular weight is 255 g/mol. The van der Waals surface area contributed by atoms with E-state index in [0.717, 1.165) is 19.3 Å². The summed E-state index contributed by atoms with van der Waals surface area (Å²) in [5.74, 6) is 0. The molecule has 0 aliphatic carbocycles. The second-order valence-electron chi connectivity index (χ2n) is 3.68. The minimum atomic E-state index is 0.180. The molecule has 0 nitrogen and oxygen atoms in total. The summed E-state index contributed by atoms with van der Waals surface area (Å²) in [6.45, 7) is 6.70. The smallest absolute Gasteiger partial charge is 0.0503 e. The van der Waals surface area contributed by atoms with Crippen molar-refractivity contribution in [2.24, 2.45) is 0 Å². The zero-order valence-electron chi connectivity index (χ0n) is 9.31. The molecule has 14 heavy (non-hydrogen) atoms. The molecule has 0 unspecified atom stereocenters. The van der Waals surface area contributed by atoms with E-state index >= 15 is 0 Å². The fourth-order valence-electron chi connectivity index (χ4n) is 1.90. The molecular formula is C13H19Br. The standard InChI is InChI=1S/C13H19Br/c1-4-11-9-7-8-10-12(11)13(14,5-2)6-3/h7-10H,4-6H2,1-3H3. The molecule has 0 heterocycles. The van der Waals surface area contributed by atoms with Gasteiger partial charge in [0, 0.05) is 0 Å². The summed E-state index contributed by atoms with van der Waals surface area (Å²) in [6, 6.07) is 8.74. The molecule has 0 saturated carbocycles. The van der Waals surface area contributed by atoms with E-state index in [2.05, 4.69) is 61.0 Å². The molecule has 1 heteroatoms. The third-order valence-corrected chi connectivity index (χ3v) is 4.55. The molecule has 1 aromatic carbocycles. The van der Waals surface area contributed by atoms with Crippen LogP contribution in [-0.2, 0) is 10.7 Å². The number of aryl methyl sites for hydroxylation is 1. The molecule has 0 atom stereocenters. The minimum absolute atomic E-state index is 0.180. The van der Waals surface area contributed by atoms with Crippen molar-refractivity contribution < 1.29 is 0 Å². The van der Waals surface area contributed by atoms with E-state index in [0.29, 0.717) is 0 Å².